The number of amides is 1. The molecule has 1 saturated heterocycles. The van der Waals surface area contributed by atoms with Gasteiger partial charge in [0.25, 0.3) is 0 Å². The van der Waals surface area contributed by atoms with Crippen LogP contribution in [-0.2, 0) is 26.1 Å². The van der Waals surface area contributed by atoms with Crippen molar-refractivity contribution in [2.45, 2.75) is 44.2 Å². The second-order valence-electron chi connectivity index (χ2n) is 7.47. The van der Waals surface area contributed by atoms with E-state index < -0.39 is 10.0 Å². The van der Waals surface area contributed by atoms with Crippen LogP contribution in [0, 0.1) is 13.8 Å². The van der Waals surface area contributed by atoms with Crippen molar-refractivity contribution < 1.29 is 17.9 Å². The first kappa shape index (κ1) is 21.5. The fraction of sp³-hybridized carbons (Fsp3) is 0.409. The van der Waals surface area contributed by atoms with E-state index in [2.05, 4.69) is 5.32 Å². The van der Waals surface area contributed by atoms with E-state index in [0.29, 0.717) is 18.7 Å². The Bertz CT molecular complexity index is 939. The van der Waals surface area contributed by atoms with E-state index >= 15 is 0 Å². The molecular weight excluding hydrogens is 388 g/mol. The number of rotatable bonds is 8. The minimum atomic E-state index is -3.84. The summed E-state index contributed by atoms with van der Waals surface area (Å²) in [6, 6.07) is 14.6. The summed E-state index contributed by atoms with van der Waals surface area (Å²) in [5.41, 5.74) is 2.35. The molecule has 0 radical (unpaired) electrons. The molecule has 1 aliphatic heterocycles. The van der Waals surface area contributed by atoms with Crippen LogP contribution in [0.4, 0.5) is 0 Å². The highest BCUT2D eigenvalue weighted by atomic mass is 32.2. The number of nitrogens with one attached hydrogen (secondary N) is 1. The number of hydrogen-bond donors (Lipinski definition) is 1. The van der Waals surface area contributed by atoms with Gasteiger partial charge < -0.3 is 10.1 Å². The maximum atomic E-state index is 13.4. The average molecular weight is 417 g/mol. The number of aryl methyl sites for hydroxylation is 2. The van der Waals surface area contributed by atoms with Crippen LogP contribution in [0.25, 0.3) is 0 Å². The number of nitrogens with zero attached hydrogens (tertiary/aromatic N) is 1. The van der Waals surface area contributed by atoms with Gasteiger partial charge >= 0.3 is 0 Å². The standard InChI is InChI=1S/C22H28N2O4S/c1-17-10-11-18(2)21(13-17)29(26,27)24(15-19-7-4-3-5-8-19)16-22(25)23-14-20-9-6-12-28-20/h3-5,7-8,10-11,13,20H,6,9,12,14-16H2,1-2H3,(H,23,25)/t20-/m1/s1. The SMILES string of the molecule is Cc1ccc(C)c(S(=O)(=O)N(CC(=O)NC[C@H]2CCCO2)Cc2ccccc2)c1. The van der Waals surface area contributed by atoms with Crippen LogP contribution in [0.15, 0.2) is 53.4 Å². The van der Waals surface area contributed by atoms with E-state index in [1.54, 1.807) is 19.1 Å². The van der Waals surface area contributed by atoms with Gasteiger partial charge in [-0.05, 0) is 49.4 Å². The van der Waals surface area contributed by atoms with Crippen molar-refractivity contribution >= 4 is 15.9 Å². The van der Waals surface area contributed by atoms with Crippen LogP contribution in [0.3, 0.4) is 0 Å². The fourth-order valence-electron chi connectivity index (χ4n) is 3.39. The van der Waals surface area contributed by atoms with Crippen LogP contribution in [0.1, 0.15) is 29.5 Å². The van der Waals surface area contributed by atoms with Gasteiger partial charge in [-0.1, -0.05) is 42.5 Å². The summed E-state index contributed by atoms with van der Waals surface area (Å²) in [4.78, 5) is 12.8. The van der Waals surface area contributed by atoms with E-state index in [-0.39, 0.29) is 30.0 Å². The minimum Gasteiger partial charge on any atom is -0.376 e. The third-order valence-corrected chi connectivity index (χ3v) is 6.97. The Labute approximate surface area is 172 Å². The number of carbonyl (C=O) groups excluding carboxylic acids is 1. The Morgan fingerprint density at radius 1 is 1.17 bits per heavy atom. The topological polar surface area (TPSA) is 75.7 Å². The molecule has 1 atom stereocenters. The Morgan fingerprint density at radius 3 is 2.62 bits per heavy atom. The Balaban J connectivity index is 1.81. The molecule has 6 nitrogen and oxygen atoms in total. The first-order valence-electron chi connectivity index (χ1n) is 9.86. The zero-order valence-corrected chi connectivity index (χ0v) is 17.7. The van der Waals surface area contributed by atoms with Crippen molar-refractivity contribution in [3.05, 3.63) is 65.2 Å². The zero-order valence-electron chi connectivity index (χ0n) is 16.9. The van der Waals surface area contributed by atoms with Crippen LogP contribution in [-0.4, -0.2) is 44.4 Å². The number of sulfonamides is 1. The molecule has 1 fully saturated rings. The highest BCUT2D eigenvalue weighted by Gasteiger charge is 2.28. The summed E-state index contributed by atoms with van der Waals surface area (Å²) >= 11 is 0. The van der Waals surface area contributed by atoms with Crippen molar-refractivity contribution in [2.24, 2.45) is 0 Å². The normalized spacial score (nSPS) is 16.9. The van der Waals surface area contributed by atoms with Crippen LogP contribution in [0.5, 0.6) is 0 Å². The maximum absolute atomic E-state index is 13.4. The lowest BCUT2D eigenvalue weighted by Gasteiger charge is -2.23. The summed E-state index contributed by atoms with van der Waals surface area (Å²) in [7, 11) is -3.84. The molecule has 0 aliphatic carbocycles. The first-order valence-corrected chi connectivity index (χ1v) is 11.3. The number of benzene rings is 2. The molecule has 3 rings (SSSR count). The summed E-state index contributed by atoms with van der Waals surface area (Å²) in [5.74, 6) is -0.328. The van der Waals surface area contributed by atoms with E-state index in [4.69, 9.17) is 4.74 Å². The molecule has 0 unspecified atom stereocenters. The van der Waals surface area contributed by atoms with Gasteiger partial charge in [-0.25, -0.2) is 8.42 Å². The molecule has 1 amide bonds. The van der Waals surface area contributed by atoms with Gasteiger partial charge in [0.1, 0.15) is 0 Å². The van der Waals surface area contributed by atoms with Crippen molar-refractivity contribution in [1.29, 1.82) is 0 Å². The van der Waals surface area contributed by atoms with Crippen molar-refractivity contribution in [2.75, 3.05) is 19.7 Å². The molecule has 156 valence electrons. The predicted molar refractivity (Wildman–Crippen MR) is 112 cm³/mol. The van der Waals surface area contributed by atoms with E-state index in [1.807, 2.05) is 43.3 Å². The van der Waals surface area contributed by atoms with Gasteiger partial charge in [0.05, 0.1) is 17.5 Å². The third kappa shape index (κ3) is 5.65. The average Bonchev–Trinajstić information content (AvgIpc) is 3.22. The largest absolute Gasteiger partial charge is 0.376 e. The van der Waals surface area contributed by atoms with Crippen LogP contribution >= 0.6 is 0 Å². The smallest absolute Gasteiger partial charge is 0.244 e. The van der Waals surface area contributed by atoms with Gasteiger partial charge in [0.15, 0.2) is 0 Å². The van der Waals surface area contributed by atoms with Gasteiger partial charge in [-0.15, -0.1) is 0 Å². The fourth-order valence-corrected chi connectivity index (χ4v) is 5.08. The predicted octanol–water partition coefficient (Wildman–Crippen LogP) is 2.79. The number of carbonyl (C=O) groups is 1. The second-order valence-corrected chi connectivity index (χ2v) is 9.37. The van der Waals surface area contributed by atoms with Gasteiger partial charge in [0, 0.05) is 19.7 Å². The Kier molecular flexibility index (Phi) is 7.05. The monoisotopic (exact) mass is 416 g/mol. The number of hydrogen-bond acceptors (Lipinski definition) is 4. The van der Waals surface area contributed by atoms with Crippen molar-refractivity contribution in [3.8, 4) is 0 Å². The summed E-state index contributed by atoms with van der Waals surface area (Å²) in [6.45, 7) is 4.63. The molecule has 0 aromatic heterocycles. The summed E-state index contributed by atoms with van der Waals surface area (Å²) in [6.07, 6.45) is 1.91. The molecule has 1 N–H and O–H groups in total. The lowest BCUT2D eigenvalue weighted by Crippen LogP contribution is -2.42. The van der Waals surface area contributed by atoms with E-state index in [0.717, 1.165) is 24.0 Å². The van der Waals surface area contributed by atoms with Gasteiger partial charge in [-0.3, -0.25) is 4.79 Å². The maximum Gasteiger partial charge on any atom is 0.244 e. The van der Waals surface area contributed by atoms with Gasteiger partial charge in [0.2, 0.25) is 15.9 Å². The molecule has 0 spiro atoms. The number of ether oxygens (including phenoxy) is 1. The molecule has 7 heteroatoms. The van der Waals surface area contributed by atoms with E-state index in [1.165, 1.54) is 4.31 Å². The quantitative estimate of drug-likeness (QED) is 0.718. The first-order chi connectivity index (χ1) is 13.9. The molecule has 1 heterocycles. The van der Waals surface area contributed by atoms with Crippen molar-refractivity contribution in [1.82, 2.24) is 9.62 Å². The molecular formula is C22H28N2O4S. The molecule has 0 bridgehead atoms. The molecule has 1 aliphatic rings. The van der Waals surface area contributed by atoms with Crippen LogP contribution in [0.2, 0.25) is 0 Å². The second kappa shape index (κ2) is 9.52. The summed E-state index contributed by atoms with van der Waals surface area (Å²) in [5, 5.41) is 2.82. The highest BCUT2D eigenvalue weighted by molar-refractivity contribution is 7.89. The lowest BCUT2D eigenvalue weighted by atomic mass is 10.2. The molecule has 0 saturated carbocycles. The third-order valence-electron chi connectivity index (χ3n) is 5.03. The van der Waals surface area contributed by atoms with Gasteiger partial charge in [-0.2, -0.15) is 4.31 Å². The minimum absolute atomic E-state index is 0.0112. The highest BCUT2D eigenvalue weighted by Crippen LogP contribution is 2.23. The molecule has 2 aromatic carbocycles. The Morgan fingerprint density at radius 2 is 1.93 bits per heavy atom. The van der Waals surface area contributed by atoms with Crippen LogP contribution < -0.4 is 5.32 Å². The molecule has 2 aromatic rings. The Hall–Kier alpha value is -2.22. The molecule has 29 heavy (non-hydrogen) atoms. The lowest BCUT2D eigenvalue weighted by molar-refractivity contribution is -0.121. The van der Waals surface area contributed by atoms with E-state index in [9.17, 15) is 13.2 Å². The summed E-state index contributed by atoms with van der Waals surface area (Å²) < 4.78 is 33.6. The zero-order chi connectivity index (χ0) is 20.9. The van der Waals surface area contributed by atoms with Crippen molar-refractivity contribution in [3.63, 3.8) is 0 Å².